The molecule has 0 amide bonds. The van der Waals surface area contributed by atoms with Gasteiger partial charge in [0, 0.05) is 10.9 Å². The zero-order valence-corrected chi connectivity index (χ0v) is 18.2. The molecule has 0 radical (unpaired) electrons. The van der Waals surface area contributed by atoms with E-state index in [2.05, 4.69) is 110 Å². The van der Waals surface area contributed by atoms with E-state index in [9.17, 15) is 0 Å². The van der Waals surface area contributed by atoms with Crippen LogP contribution in [-0.4, -0.2) is 9.97 Å². The van der Waals surface area contributed by atoms with Gasteiger partial charge in [-0.05, 0) is 56.8 Å². The van der Waals surface area contributed by atoms with E-state index in [1.165, 1.54) is 37.7 Å². The zero-order chi connectivity index (χ0) is 21.9. The second kappa shape index (κ2) is 6.85. The molecule has 7 aromatic rings. The molecular weight excluding hydrogens is 400 g/mol. The van der Waals surface area contributed by atoms with Crippen molar-refractivity contribution in [3.8, 4) is 11.3 Å². The summed E-state index contributed by atoms with van der Waals surface area (Å²) in [5.41, 5.74) is 4.88. The fraction of sp³-hybridized carbons (Fsp3) is 0.0323. The van der Waals surface area contributed by atoms with Crippen molar-refractivity contribution in [1.29, 1.82) is 0 Å². The Bertz CT molecular complexity index is 1850. The number of fused-ring (bicyclic) bond motifs is 9. The second-order valence-corrected chi connectivity index (χ2v) is 8.66. The highest BCUT2D eigenvalue weighted by Gasteiger charge is 2.13. The van der Waals surface area contributed by atoms with Crippen molar-refractivity contribution < 1.29 is 0 Å². The molecule has 0 unspecified atom stereocenters. The molecule has 33 heavy (non-hydrogen) atoms. The standard InChI is InChI=1S/C31H20N2/c1-19-30(33-29-17-15-20-8-2-3-9-22(20)31(29)32-19)21-14-16-27-25-12-5-4-10-23(25)24-11-6-7-13-26(24)28(27)18-21/h2-18H,1H3. The van der Waals surface area contributed by atoms with E-state index >= 15 is 0 Å². The summed E-state index contributed by atoms with van der Waals surface area (Å²) in [6.07, 6.45) is 0. The SMILES string of the molecule is Cc1nc2c(ccc3ccccc32)nc1-c1ccc2c3ccccc3c3ccccc3c2c1. The van der Waals surface area contributed by atoms with Gasteiger partial charge in [0.2, 0.25) is 0 Å². The summed E-state index contributed by atoms with van der Waals surface area (Å²) in [6, 6.07) is 36.6. The Morgan fingerprint density at radius 2 is 1.06 bits per heavy atom. The van der Waals surface area contributed by atoms with Crippen LogP contribution in [0.4, 0.5) is 0 Å². The number of benzene rings is 6. The van der Waals surface area contributed by atoms with E-state index in [0.717, 1.165) is 33.4 Å². The van der Waals surface area contributed by atoms with Crippen LogP contribution in [0.3, 0.4) is 0 Å². The molecule has 1 heterocycles. The van der Waals surface area contributed by atoms with E-state index in [1.807, 2.05) is 0 Å². The van der Waals surface area contributed by atoms with Crippen LogP contribution in [0.2, 0.25) is 0 Å². The quantitative estimate of drug-likeness (QED) is 0.250. The van der Waals surface area contributed by atoms with Crippen LogP contribution in [0.5, 0.6) is 0 Å². The van der Waals surface area contributed by atoms with Gasteiger partial charge in [-0.15, -0.1) is 0 Å². The smallest absolute Gasteiger partial charge is 0.0968 e. The van der Waals surface area contributed by atoms with Crippen LogP contribution >= 0.6 is 0 Å². The first-order chi connectivity index (χ1) is 16.3. The van der Waals surface area contributed by atoms with E-state index in [1.54, 1.807) is 0 Å². The predicted molar refractivity (Wildman–Crippen MR) is 140 cm³/mol. The second-order valence-electron chi connectivity index (χ2n) is 8.66. The highest BCUT2D eigenvalue weighted by molar-refractivity contribution is 6.25. The Kier molecular flexibility index (Phi) is 3.80. The third kappa shape index (κ3) is 2.68. The maximum Gasteiger partial charge on any atom is 0.0968 e. The average molecular weight is 421 g/mol. The van der Waals surface area contributed by atoms with Gasteiger partial charge in [0.15, 0.2) is 0 Å². The molecule has 2 nitrogen and oxygen atoms in total. The zero-order valence-electron chi connectivity index (χ0n) is 18.2. The van der Waals surface area contributed by atoms with Crippen molar-refractivity contribution >= 4 is 54.1 Å². The summed E-state index contributed by atoms with van der Waals surface area (Å²) in [7, 11) is 0. The monoisotopic (exact) mass is 420 g/mol. The summed E-state index contributed by atoms with van der Waals surface area (Å²) >= 11 is 0. The molecule has 6 aromatic carbocycles. The van der Waals surface area contributed by atoms with Crippen molar-refractivity contribution in [3.63, 3.8) is 0 Å². The fourth-order valence-corrected chi connectivity index (χ4v) is 5.20. The van der Waals surface area contributed by atoms with Gasteiger partial charge in [0.25, 0.3) is 0 Å². The number of hydrogen-bond donors (Lipinski definition) is 0. The average Bonchev–Trinajstić information content (AvgIpc) is 2.88. The van der Waals surface area contributed by atoms with Crippen molar-refractivity contribution in [2.45, 2.75) is 6.92 Å². The predicted octanol–water partition coefficient (Wildman–Crippen LogP) is 8.22. The molecule has 154 valence electrons. The third-order valence-electron chi connectivity index (χ3n) is 6.75. The first-order valence-corrected chi connectivity index (χ1v) is 11.3. The van der Waals surface area contributed by atoms with Crippen molar-refractivity contribution in [3.05, 3.63) is 109 Å². The Morgan fingerprint density at radius 3 is 1.76 bits per heavy atom. The lowest BCUT2D eigenvalue weighted by Gasteiger charge is -2.13. The van der Waals surface area contributed by atoms with Crippen LogP contribution in [0, 0.1) is 6.92 Å². The van der Waals surface area contributed by atoms with Crippen molar-refractivity contribution in [1.82, 2.24) is 9.97 Å². The lowest BCUT2D eigenvalue weighted by molar-refractivity contribution is 1.20. The Hall–Kier alpha value is -4.30. The highest BCUT2D eigenvalue weighted by Crippen LogP contribution is 2.37. The molecule has 0 N–H and O–H groups in total. The van der Waals surface area contributed by atoms with E-state index in [-0.39, 0.29) is 0 Å². The molecule has 0 aliphatic heterocycles. The minimum absolute atomic E-state index is 0.928. The molecule has 0 saturated carbocycles. The summed E-state index contributed by atoms with van der Waals surface area (Å²) < 4.78 is 0. The maximum absolute atomic E-state index is 5.08. The lowest BCUT2D eigenvalue weighted by atomic mass is 9.92. The minimum atomic E-state index is 0.928. The lowest BCUT2D eigenvalue weighted by Crippen LogP contribution is -1.95. The number of hydrogen-bond acceptors (Lipinski definition) is 2. The molecule has 0 saturated heterocycles. The number of nitrogens with zero attached hydrogens (tertiary/aromatic N) is 2. The normalized spacial score (nSPS) is 11.8. The molecular formula is C31H20N2. The molecule has 2 heteroatoms. The topological polar surface area (TPSA) is 25.8 Å². The number of aryl methyl sites for hydroxylation is 1. The van der Waals surface area contributed by atoms with E-state index < -0.39 is 0 Å². The van der Waals surface area contributed by atoms with Crippen LogP contribution in [0.25, 0.3) is 65.4 Å². The molecule has 0 bridgehead atoms. The molecule has 7 rings (SSSR count). The van der Waals surface area contributed by atoms with Gasteiger partial charge in [-0.2, -0.15) is 0 Å². The fourth-order valence-electron chi connectivity index (χ4n) is 5.20. The van der Waals surface area contributed by atoms with E-state index in [0.29, 0.717) is 0 Å². The van der Waals surface area contributed by atoms with Gasteiger partial charge in [-0.3, -0.25) is 0 Å². The molecule has 1 aromatic heterocycles. The Labute approximate surface area is 191 Å². The molecule has 0 aliphatic rings. The Morgan fingerprint density at radius 1 is 0.485 bits per heavy atom. The van der Waals surface area contributed by atoms with Gasteiger partial charge in [0.1, 0.15) is 0 Å². The minimum Gasteiger partial charge on any atom is -0.249 e. The van der Waals surface area contributed by atoms with E-state index in [4.69, 9.17) is 9.97 Å². The van der Waals surface area contributed by atoms with Crippen LogP contribution in [-0.2, 0) is 0 Å². The largest absolute Gasteiger partial charge is 0.249 e. The van der Waals surface area contributed by atoms with Crippen LogP contribution < -0.4 is 0 Å². The van der Waals surface area contributed by atoms with Gasteiger partial charge in [0.05, 0.1) is 22.4 Å². The highest BCUT2D eigenvalue weighted by atomic mass is 14.8. The first-order valence-electron chi connectivity index (χ1n) is 11.3. The van der Waals surface area contributed by atoms with Gasteiger partial charge in [-0.25, -0.2) is 9.97 Å². The summed E-state index contributed by atoms with van der Waals surface area (Å²) in [5, 5.41) is 9.99. The van der Waals surface area contributed by atoms with Crippen molar-refractivity contribution in [2.75, 3.05) is 0 Å². The number of aromatic nitrogens is 2. The van der Waals surface area contributed by atoms with Crippen LogP contribution in [0.15, 0.2) is 103 Å². The molecule has 0 aliphatic carbocycles. The number of rotatable bonds is 1. The van der Waals surface area contributed by atoms with Crippen molar-refractivity contribution in [2.24, 2.45) is 0 Å². The third-order valence-corrected chi connectivity index (χ3v) is 6.75. The summed E-state index contributed by atoms with van der Waals surface area (Å²) in [4.78, 5) is 10.1. The molecule has 0 fully saturated rings. The van der Waals surface area contributed by atoms with Gasteiger partial charge >= 0.3 is 0 Å². The summed E-state index contributed by atoms with van der Waals surface area (Å²) in [5.74, 6) is 0. The molecule has 0 atom stereocenters. The molecule has 0 spiro atoms. The summed E-state index contributed by atoms with van der Waals surface area (Å²) in [6.45, 7) is 2.06. The Balaban J connectivity index is 1.54. The van der Waals surface area contributed by atoms with Gasteiger partial charge < -0.3 is 0 Å². The van der Waals surface area contributed by atoms with Crippen LogP contribution in [0.1, 0.15) is 5.69 Å². The van der Waals surface area contributed by atoms with Gasteiger partial charge in [-0.1, -0.05) is 91.0 Å². The maximum atomic E-state index is 5.08. The first kappa shape index (κ1) is 18.3.